The summed E-state index contributed by atoms with van der Waals surface area (Å²) in [4.78, 5) is 26.6. The van der Waals surface area contributed by atoms with E-state index in [1.54, 1.807) is 4.90 Å². The minimum absolute atomic E-state index is 0.0755. The third-order valence-electron chi connectivity index (χ3n) is 4.55. The molecular formula is C19H19F3N2O2. The quantitative estimate of drug-likeness (QED) is 0.815. The second-order valence-corrected chi connectivity index (χ2v) is 6.67. The molecule has 1 fully saturated rings. The van der Waals surface area contributed by atoms with Crippen LogP contribution >= 0.6 is 0 Å². The van der Waals surface area contributed by atoms with Gasteiger partial charge in [-0.25, -0.2) is 0 Å². The minimum Gasteiger partial charge on any atom is -0.338 e. The van der Waals surface area contributed by atoms with Crippen LogP contribution in [0, 0.1) is 5.92 Å². The molecular weight excluding hydrogens is 345 g/mol. The summed E-state index contributed by atoms with van der Waals surface area (Å²) < 4.78 is 39.8. The van der Waals surface area contributed by atoms with E-state index in [0.717, 1.165) is 29.5 Å². The Bertz CT molecular complexity index is 874. The lowest BCUT2D eigenvalue weighted by molar-refractivity contribution is -0.137. The number of benzene rings is 1. The zero-order chi connectivity index (χ0) is 18.9. The van der Waals surface area contributed by atoms with Gasteiger partial charge in [-0.1, -0.05) is 13.0 Å². The maximum absolute atomic E-state index is 12.9. The maximum Gasteiger partial charge on any atom is 0.416 e. The number of nitrogens with zero attached hydrogens (tertiary/aromatic N) is 2. The first-order valence-electron chi connectivity index (χ1n) is 8.45. The van der Waals surface area contributed by atoms with Crippen molar-refractivity contribution in [2.45, 2.75) is 25.9 Å². The summed E-state index contributed by atoms with van der Waals surface area (Å²) in [7, 11) is 0. The number of carbonyl (C=O) groups excluding carboxylic acids is 1. The van der Waals surface area contributed by atoms with E-state index in [1.165, 1.54) is 30.5 Å². The Kier molecular flexibility index (Phi) is 4.89. The molecule has 1 unspecified atom stereocenters. The molecule has 3 rings (SSSR count). The lowest BCUT2D eigenvalue weighted by atomic mass is 10.00. The average molecular weight is 364 g/mol. The van der Waals surface area contributed by atoms with E-state index < -0.39 is 17.3 Å². The van der Waals surface area contributed by atoms with Crippen LogP contribution < -0.4 is 5.56 Å². The number of hydrogen-bond donors (Lipinski definition) is 0. The normalized spacial score (nSPS) is 18.0. The predicted molar refractivity (Wildman–Crippen MR) is 91.3 cm³/mol. The summed E-state index contributed by atoms with van der Waals surface area (Å²) >= 11 is 0. The first kappa shape index (κ1) is 18.2. The van der Waals surface area contributed by atoms with Gasteiger partial charge in [0.05, 0.1) is 11.1 Å². The molecule has 138 valence electrons. The van der Waals surface area contributed by atoms with Crippen LogP contribution in [-0.2, 0) is 6.18 Å². The lowest BCUT2D eigenvalue weighted by Crippen LogP contribution is -2.39. The molecule has 1 aromatic carbocycles. The highest BCUT2D eigenvalue weighted by molar-refractivity contribution is 5.94. The number of hydrogen-bond acceptors (Lipinski definition) is 2. The number of alkyl halides is 3. The molecule has 1 aromatic heterocycles. The van der Waals surface area contributed by atoms with Crippen LogP contribution in [0.3, 0.4) is 0 Å². The Hall–Kier alpha value is -2.57. The van der Waals surface area contributed by atoms with Crippen molar-refractivity contribution in [2.75, 3.05) is 13.1 Å². The molecule has 2 heterocycles. The van der Waals surface area contributed by atoms with E-state index in [0.29, 0.717) is 19.0 Å². The van der Waals surface area contributed by atoms with Crippen molar-refractivity contribution in [2.24, 2.45) is 5.92 Å². The summed E-state index contributed by atoms with van der Waals surface area (Å²) in [5.41, 5.74) is -0.973. The van der Waals surface area contributed by atoms with Gasteiger partial charge in [-0.2, -0.15) is 13.2 Å². The second-order valence-electron chi connectivity index (χ2n) is 6.67. The van der Waals surface area contributed by atoms with Gasteiger partial charge in [0, 0.05) is 31.0 Å². The zero-order valence-electron chi connectivity index (χ0n) is 14.3. The molecule has 1 amide bonds. The number of piperidine rings is 1. The molecule has 2 aromatic rings. The highest BCUT2D eigenvalue weighted by atomic mass is 19.4. The van der Waals surface area contributed by atoms with Crippen molar-refractivity contribution >= 4 is 5.91 Å². The van der Waals surface area contributed by atoms with Crippen LogP contribution in [0.15, 0.2) is 47.4 Å². The molecule has 1 saturated heterocycles. The van der Waals surface area contributed by atoms with Crippen molar-refractivity contribution in [3.8, 4) is 5.69 Å². The molecule has 0 saturated carbocycles. The van der Waals surface area contributed by atoms with Crippen molar-refractivity contribution < 1.29 is 18.0 Å². The third kappa shape index (κ3) is 3.81. The third-order valence-corrected chi connectivity index (χ3v) is 4.55. The molecule has 0 aliphatic carbocycles. The SMILES string of the molecule is CC1CCCN(C(=O)c2ccc(=O)n(-c3cccc(C(F)(F)F)c3)c2)C1. The van der Waals surface area contributed by atoms with E-state index in [-0.39, 0.29) is 17.2 Å². The van der Waals surface area contributed by atoms with Gasteiger partial charge in [-0.3, -0.25) is 14.2 Å². The van der Waals surface area contributed by atoms with Gasteiger partial charge >= 0.3 is 6.18 Å². The molecule has 26 heavy (non-hydrogen) atoms. The highest BCUT2D eigenvalue weighted by Gasteiger charge is 2.30. The van der Waals surface area contributed by atoms with Crippen LogP contribution in [0.25, 0.3) is 5.69 Å². The first-order valence-corrected chi connectivity index (χ1v) is 8.45. The number of pyridine rings is 1. The standard InChI is InChI=1S/C19H19F3N2O2/c1-13-4-3-9-23(11-13)18(26)14-7-8-17(25)24(12-14)16-6-2-5-15(10-16)19(20,21)22/h2,5-8,10,12-13H,3-4,9,11H2,1H3. The predicted octanol–water partition coefficient (Wildman–Crippen LogP) is 3.73. The van der Waals surface area contributed by atoms with Crippen LogP contribution in [-0.4, -0.2) is 28.5 Å². The number of amides is 1. The van der Waals surface area contributed by atoms with Crippen molar-refractivity contribution in [1.29, 1.82) is 0 Å². The van der Waals surface area contributed by atoms with Gasteiger partial charge in [0.15, 0.2) is 0 Å². The molecule has 1 aliphatic rings. The summed E-state index contributed by atoms with van der Waals surface area (Å²) in [6.07, 6.45) is -1.20. The summed E-state index contributed by atoms with van der Waals surface area (Å²) in [5.74, 6) is 0.194. The first-order chi connectivity index (χ1) is 12.3. The van der Waals surface area contributed by atoms with E-state index >= 15 is 0 Å². The number of aromatic nitrogens is 1. The molecule has 7 heteroatoms. The summed E-state index contributed by atoms with van der Waals surface area (Å²) in [6, 6.07) is 7.13. The summed E-state index contributed by atoms with van der Waals surface area (Å²) in [6.45, 7) is 3.36. The Labute approximate surface area is 148 Å². The van der Waals surface area contributed by atoms with E-state index in [9.17, 15) is 22.8 Å². The van der Waals surface area contributed by atoms with Crippen molar-refractivity contribution in [3.63, 3.8) is 0 Å². The highest BCUT2D eigenvalue weighted by Crippen LogP contribution is 2.30. The van der Waals surface area contributed by atoms with Crippen molar-refractivity contribution in [1.82, 2.24) is 9.47 Å². The average Bonchev–Trinajstić information content (AvgIpc) is 2.61. The van der Waals surface area contributed by atoms with E-state index in [1.807, 2.05) is 0 Å². The molecule has 4 nitrogen and oxygen atoms in total. The topological polar surface area (TPSA) is 42.3 Å². The van der Waals surface area contributed by atoms with Crippen molar-refractivity contribution in [3.05, 3.63) is 64.1 Å². The fourth-order valence-electron chi connectivity index (χ4n) is 3.20. The number of rotatable bonds is 2. The van der Waals surface area contributed by atoms with Gasteiger partial charge in [-0.05, 0) is 43.0 Å². The molecule has 0 spiro atoms. The Morgan fingerprint density at radius 3 is 2.65 bits per heavy atom. The van der Waals surface area contributed by atoms with Gasteiger partial charge in [0.25, 0.3) is 11.5 Å². The van der Waals surface area contributed by atoms with Crippen LogP contribution in [0.5, 0.6) is 0 Å². The molecule has 1 atom stereocenters. The van der Waals surface area contributed by atoms with Gasteiger partial charge < -0.3 is 4.90 Å². The zero-order valence-corrected chi connectivity index (χ0v) is 14.3. The monoisotopic (exact) mass is 364 g/mol. The van der Waals surface area contributed by atoms with Gasteiger partial charge in [0.1, 0.15) is 0 Å². The number of carbonyl (C=O) groups is 1. The van der Waals surface area contributed by atoms with E-state index in [2.05, 4.69) is 6.92 Å². The molecule has 0 N–H and O–H groups in total. The van der Waals surface area contributed by atoms with Crippen LogP contribution in [0.1, 0.15) is 35.7 Å². The Morgan fingerprint density at radius 2 is 1.96 bits per heavy atom. The molecule has 1 aliphatic heterocycles. The van der Waals surface area contributed by atoms with Crippen LogP contribution in [0.4, 0.5) is 13.2 Å². The Balaban J connectivity index is 1.96. The minimum atomic E-state index is -4.50. The van der Waals surface area contributed by atoms with E-state index in [4.69, 9.17) is 0 Å². The largest absolute Gasteiger partial charge is 0.416 e. The fourth-order valence-corrected chi connectivity index (χ4v) is 3.20. The van der Waals surface area contributed by atoms with Gasteiger partial charge in [0.2, 0.25) is 0 Å². The Morgan fingerprint density at radius 1 is 1.19 bits per heavy atom. The second kappa shape index (κ2) is 6.97. The number of halogens is 3. The summed E-state index contributed by atoms with van der Waals surface area (Å²) in [5, 5.41) is 0. The van der Waals surface area contributed by atoms with Gasteiger partial charge in [-0.15, -0.1) is 0 Å². The molecule has 0 bridgehead atoms. The smallest absolute Gasteiger partial charge is 0.338 e. The molecule has 0 radical (unpaired) electrons. The van der Waals surface area contributed by atoms with Crippen LogP contribution in [0.2, 0.25) is 0 Å². The fraction of sp³-hybridized carbons (Fsp3) is 0.368. The maximum atomic E-state index is 12.9. The number of likely N-dealkylation sites (tertiary alicyclic amines) is 1. The lowest BCUT2D eigenvalue weighted by Gasteiger charge is -2.31.